The third-order valence-electron chi connectivity index (χ3n) is 1.40. The lowest BCUT2D eigenvalue weighted by atomic mass is 10.1. The maximum atomic E-state index is 11.0. The smallest absolute Gasteiger partial charge is 0.348 e. The summed E-state index contributed by atoms with van der Waals surface area (Å²) in [6, 6.07) is 1.82. The number of methoxy groups -OCH3 is 1. The van der Waals surface area contributed by atoms with Crippen LogP contribution in [-0.4, -0.2) is 13.1 Å². The van der Waals surface area contributed by atoms with E-state index in [1.807, 2.05) is 19.9 Å². The zero-order valence-corrected chi connectivity index (χ0v) is 8.34. The minimum absolute atomic E-state index is 0.0590. The van der Waals surface area contributed by atoms with Crippen LogP contribution in [-0.2, 0) is 9.53 Å². The van der Waals surface area contributed by atoms with E-state index in [0.29, 0.717) is 5.57 Å². The number of hydrogen-bond acceptors (Lipinski definition) is 3. The molecule has 0 unspecified atom stereocenters. The Bertz CT molecular complexity index is 301. The Balaban J connectivity index is 5.05. The molecule has 0 aliphatic rings. The minimum Gasteiger partial charge on any atom is -0.465 e. The largest absolute Gasteiger partial charge is 0.465 e. The molecule has 0 fully saturated rings. The fourth-order valence-corrected chi connectivity index (χ4v) is 0.902. The molecule has 0 saturated carbocycles. The molecule has 3 heteroatoms. The summed E-state index contributed by atoms with van der Waals surface area (Å²) in [4.78, 5) is 11.0. The molecule has 0 aliphatic carbocycles. The summed E-state index contributed by atoms with van der Waals surface area (Å²) in [7, 11) is 1.26. The fraction of sp³-hybridized carbons (Fsp3) is 0.400. The second-order valence-corrected chi connectivity index (χ2v) is 2.88. The minimum atomic E-state index is -0.586. The first-order valence-electron chi connectivity index (χ1n) is 3.87. The number of nitrogens with zero attached hydrogens (tertiary/aromatic N) is 1. The molecular weight excluding hydrogens is 166 g/mol. The van der Waals surface area contributed by atoms with E-state index in [1.165, 1.54) is 7.11 Å². The van der Waals surface area contributed by atoms with Gasteiger partial charge in [-0.05, 0) is 26.3 Å². The molecule has 0 radical (unpaired) electrons. The van der Waals surface area contributed by atoms with Crippen molar-refractivity contribution in [3.63, 3.8) is 0 Å². The van der Waals surface area contributed by atoms with Gasteiger partial charge in [0.25, 0.3) is 0 Å². The second kappa shape index (κ2) is 5.15. The number of hydrogen-bond donors (Lipinski definition) is 0. The van der Waals surface area contributed by atoms with Gasteiger partial charge in [-0.1, -0.05) is 11.6 Å². The average Bonchev–Trinajstić information content (AvgIpc) is 2.03. The standard InChI is InChI=1S/C10H13NO2/c1-7(2)5-8(3)9(6-11)10(12)13-4/h5H,1-4H3. The molecular formula is C10H13NO2. The number of carbonyl (C=O) groups is 1. The lowest BCUT2D eigenvalue weighted by Crippen LogP contribution is -2.04. The number of allylic oxidation sites excluding steroid dienone is 3. The van der Waals surface area contributed by atoms with Crippen LogP contribution >= 0.6 is 0 Å². The first-order valence-corrected chi connectivity index (χ1v) is 3.87. The van der Waals surface area contributed by atoms with Gasteiger partial charge in [-0.2, -0.15) is 5.26 Å². The highest BCUT2D eigenvalue weighted by molar-refractivity contribution is 5.94. The van der Waals surface area contributed by atoms with Crippen molar-refractivity contribution in [2.45, 2.75) is 20.8 Å². The molecule has 0 bridgehead atoms. The van der Waals surface area contributed by atoms with Crippen LogP contribution in [0, 0.1) is 11.3 Å². The molecule has 0 aliphatic heterocycles. The van der Waals surface area contributed by atoms with Crippen molar-refractivity contribution in [1.29, 1.82) is 5.26 Å². The molecule has 0 saturated heterocycles. The Morgan fingerprint density at radius 3 is 2.23 bits per heavy atom. The van der Waals surface area contributed by atoms with E-state index in [9.17, 15) is 4.79 Å². The van der Waals surface area contributed by atoms with E-state index in [2.05, 4.69) is 4.74 Å². The molecule has 0 aromatic carbocycles. The van der Waals surface area contributed by atoms with Gasteiger partial charge in [-0.25, -0.2) is 4.79 Å². The van der Waals surface area contributed by atoms with Gasteiger partial charge in [0.2, 0.25) is 0 Å². The number of nitriles is 1. The van der Waals surface area contributed by atoms with Gasteiger partial charge >= 0.3 is 5.97 Å². The highest BCUT2D eigenvalue weighted by Crippen LogP contribution is 2.08. The van der Waals surface area contributed by atoms with Crippen molar-refractivity contribution in [2.75, 3.05) is 7.11 Å². The van der Waals surface area contributed by atoms with Crippen LogP contribution in [0.5, 0.6) is 0 Å². The van der Waals surface area contributed by atoms with Gasteiger partial charge in [-0.15, -0.1) is 0 Å². The number of carbonyl (C=O) groups excluding carboxylic acids is 1. The van der Waals surface area contributed by atoms with Crippen LogP contribution in [0.3, 0.4) is 0 Å². The van der Waals surface area contributed by atoms with Crippen molar-refractivity contribution in [2.24, 2.45) is 0 Å². The molecule has 0 amide bonds. The molecule has 0 aromatic heterocycles. The van der Waals surface area contributed by atoms with E-state index in [0.717, 1.165) is 5.57 Å². The molecule has 0 N–H and O–H groups in total. The third-order valence-corrected chi connectivity index (χ3v) is 1.40. The number of rotatable bonds is 2. The van der Waals surface area contributed by atoms with Gasteiger partial charge in [0, 0.05) is 0 Å². The van der Waals surface area contributed by atoms with E-state index >= 15 is 0 Å². The highest BCUT2D eigenvalue weighted by atomic mass is 16.5. The first kappa shape index (κ1) is 11.4. The summed E-state index contributed by atoms with van der Waals surface area (Å²) in [6.07, 6.45) is 1.77. The van der Waals surface area contributed by atoms with Gasteiger partial charge in [-0.3, -0.25) is 0 Å². The zero-order valence-electron chi connectivity index (χ0n) is 8.34. The van der Waals surface area contributed by atoms with Crippen molar-refractivity contribution in [3.05, 3.63) is 22.8 Å². The Morgan fingerprint density at radius 2 is 1.92 bits per heavy atom. The molecule has 0 rings (SSSR count). The predicted molar refractivity (Wildman–Crippen MR) is 49.8 cm³/mol. The maximum absolute atomic E-state index is 11.0. The summed E-state index contributed by atoms with van der Waals surface area (Å²) < 4.78 is 4.46. The molecule has 0 spiro atoms. The average molecular weight is 179 g/mol. The Morgan fingerprint density at radius 1 is 1.38 bits per heavy atom. The van der Waals surface area contributed by atoms with E-state index in [4.69, 9.17) is 5.26 Å². The Hall–Kier alpha value is -1.56. The predicted octanol–water partition coefficient (Wildman–Crippen LogP) is 1.97. The summed E-state index contributed by atoms with van der Waals surface area (Å²) in [5.74, 6) is -0.586. The van der Waals surface area contributed by atoms with Crippen LogP contribution in [0.25, 0.3) is 0 Å². The third kappa shape index (κ3) is 3.57. The zero-order chi connectivity index (χ0) is 10.4. The van der Waals surface area contributed by atoms with Crippen LogP contribution in [0.1, 0.15) is 20.8 Å². The first-order chi connectivity index (χ1) is 6.02. The molecule has 0 aromatic rings. The lowest BCUT2D eigenvalue weighted by molar-refractivity contribution is -0.135. The van der Waals surface area contributed by atoms with Crippen molar-refractivity contribution in [1.82, 2.24) is 0 Å². The van der Waals surface area contributed by atoms with Gasteiger partial charge in [0.15, 0.2) is 0 Å². The monoisotopic (exact) mass is 179 g/mol. The highest BCUT2D eigenvalue weighted by Gasteiger charge is 2.10. The molecule has 0 heterocycles. The fourth-order valence-electron chi connectivity index (χ4n) is 0.902. The quantitative estimate of drug-likeness (QED) is 0.282. The Kier molecular flexibility index (Phi) is 4.53. The summed E-state index contributed by atoms with van der Waals surface area (Å²) in [5.41, 5.74) is 1.73. The van der Waals surface area contributed by atoms with E-state index < -0.39 is 5.97 Å². The molecule has 70 valence electrons. The van der Waals surface area contributed by atoms with Crippen LogP contribution in [0.2, 0.25) is 0 Å². The molecule has 0 atom stereocenters. The lowest BCUT2D eigenvalue weighted by Gasteiger charge is -1.99. The summed E-state index contributed by atoms with van der Waals surface area (Å²) in [5, 5.41) is 8.67. The molecule has 3 nitrogen and oxygen atoms in total. The van der Waals surface area contributed by atoms with Crippen LogP contribution in [0.4, 0.5) is 0 Å². The topological polar surface area (TPSA) is 50.1 Å². The summed E-state index contributed by atoms with van der Waals surface area (Å²) >= 11 is 0. The van der Waals surface area contributed by atoms with Gasteiger partial charge < -0.3 is 4.74 Å². The second-order valence-electron chi connectivity index (χ2n) is 2.88. The maximum Gasteiger partial charge on any atom is 0.348 e. The SMILES string of the molecule is COC(=O)C(C#N)=C(C)C=C(C)C. The van der Waals surface area contributed by atoms with Crippen LogP contribution in [0.15, 0.2) is 22.8 Å². The normalized spacial score (nSPS) is 11.0. The summed E-state index contributed by atoms with van der Waals surface area (Å²) in [6.45, 7) is 5.51. The number of esters is 1. The van der Waals surface area contributed by atoms with Crippen molar-refractivity contribution >= 4 is 5.97 Å². The van der Waals surface area contributed by atoms with E-state index in [-0.39, 0.29) is 5.57 Å². The van der Waals surface area contributed by atoms with Crippen molar-refractivity contribution in [3.8, 4) is 6.07 Å². The molecule has 13 heavy (non-hydrogen) atoms. The Labute approximate surface area is 78.3 Å². The van der Waals surface area contributed by atoms with Gasteiger partial charge in [0.1, 0.15) is 11.6 Å². The van der Waals surface area contributed by atoms with Crippen LogP contribution < -0.4 is 0 Å². The van der Waals surface area contributed by atoms with Gasteiger partial charge in [0.05, 0.1) is 7.11 Å². The van der Waals surface area contributed by atoms with E-state index in [1.54, 1.807) is 13.0 Å². The number of ether oxygens (including phenoxy) is 1. The van der Waals surface area contributed by atoms with Crippen molar-refractivity contribution < 1.29 is 9.53 Å².